The molecule has 194 valence electrons. The number of carbonyl (C=O) groups excluding carboxylic acids is 2. The summed E-state index contributed by atoms with van der Waals surface area (Å²) in [5, 5.41) is 3.00. The third-order valence-corrected chi connectivity index (χ3v) is 6.36. The van der Waals surface area contributed by atoms with Gasteiger partial charge in [0.2, 0.25) is 11.8 Å². The fourth-order valence-corrected chi connectivity index (χ4v) is 4.36. The molecule has 3 rings (SSSR count). The Kier molecular flexibility index (Phi) is 10.2. The summed E-state index contributed by atoms with van der Waals surface area (Å²) in [4.78, 5) is 31.8. The molecule has 2 aromatic carbocycles. The number of aryl methyl sites for hydroxylation is 1. The second kappa shape index (κ2) is 13.5. The van der Waals surface area contributed by atoms with Crippen LogP contribution in [0.15, 0.2) is 42.5 Å². The lowest BCUT2D eigenvalue weighted by Crippen LogP contribution is -2.33. The molecule has 8 nitrogen and oxygen atoms in total. The van der Waals surface area contributed by atoms with E-state index in [0.717, 1.165) is 48.1 Å². The van der Waals surface area contributed by atoms with E-state index in [2.05, 4.69) is 9.88 Å². The second-order valence-electron chi connectivity index (χ2n) is 8.70. The number of ether oxygens (including phenoxy) is 2. The Balaban J connectivity index is 1.47. The number of benzene rings is 2. The molecule has 1 N–H and O–H groups in total. The fourth-order valence-electron chi connectivity index (χ4n) is 4.36. The van der Waals surface area contributed by atoms with Gasteiger partial charge in [-0.05, 0) is 56.5 Å². The Labute approximate surface area is 213 Å². The zero-order chi connectivity index (χ0) is 25.9. The number of hydrogen-bond donors (Lipinski definition) is 1. The van der Waals surface area contributed by atoms with E-state index >= 15 is 0 Å². The summed E-state index contributed by atoms with van der Waals surface area (Å²) in [6, 6.07) is 13.5. The van der Waals surface area contributed by atoms with Crippen molar-refractivity contribution in [2.45, 2.75) is 52.5 Å². The average Bonchev–Trinajstić information content (AvgIpc) is 3.23. The molecule has 0 aliphatic carbocycles. The normalized spacial score (nSPS) is 10.9. The number of amides is 2. The first-order chi connectivity index (χ1) is 17.5. The predicted molar refractivity (Wildman–Crippen MR) is 141 cm³/mol. The van der Waals surface area contributed by atoms with E-state index in [1.807, 2.05) is 61.2 Å². The topological polar surface area (TPSA) is 85.7 Å². The van der Waals surface area contributed by atoms with E-state index in [4.69, 9.17) is 14.5 Å². The molecule has 1 heterocycles. The van der Waals surface area contributed by atoms with E-state index in [0.29, 0.717) is 44.1 Å². The highest BCUT2D eigenvalue weighted by atomic mass is 16.5. The van der Waals surface area contributed by atoms with Crippen LogP contribution < -0.4 is 14.8 Å². The molecule has 3 aromatic rings. The standard InChI is InChI=1S/C28H38N4O4/c1-5-31(6-2)28(34)20-32-23-13-10-9-12-22(23)30-26(32)14-8-7-11-17-29-27(33)19-21-15-16-24(35-3)25(18-21)36-4/h9-10,12-13,15-16,18H,5-8,11,14,17,19-20H2,1-4H3,(H,29,33). The molecule has 0 atom stereocenters. The van der Waals surface area contributed by atoms with E-state index in [9.17, 15) is 9.59 Å². The molecule has 0 saturated carbocycles. The fraction of sp³-hybridized carbons (Fsp3) is 0.464. The van der Waals surface area contributed by atoms with Crippen LogP contribution in [0.2, 0.25) is 0 Å². The molecule has 2 amide bonds. The number of nitrogens with zero attached hydrogens (tertiary/aromatic N) is 3. The maximum atomic E-state index is 12.8. The molecule has 0 bridgehead atoms. The lowest BCUT2D eigenvalue weighted by molar-refractivity contribution is -0.131. The minimum Gasteiger partial charge on any atom is -0.493 e. The number of nitrogens with one attached hydrogen (secondary N) is 1. The average molecular weight is 495 g/mol. The first kappa shape index (κ1) is 27.0. The molecule has 0 aliphatic heterocycles. The van der Waals surface area contributed by atoms with Crippen molar-refractivity contribution in [2.24, 2.45) is 0 Å². The number of para-hydroxylation sites is 2. The van der Waals surface area contributed by atoms with Crippen LogP contribution in [0, 0.1) is 0 Å². The summed E-state index contributed by atoms with van der Waals surface area (Å²) in [5.41, 5.74) is 2.79. The molecule has 0 unspecified atom stereocenters. The van der Waals surface area contributed by atoms with Gasteiger partial charge in [-0.3, -0.25) is 9.59 Å². The molecule has 36 heavy (non-hydrogen) atoms. The van der Waals surface area contributed by atoms with Crippen molar-refractivity contribution in [1.29, 1.82) is 0 Å². The molecule has 0 spiro atoms. The van der Waals surface area contributed by atoms with Crippen LogP contribution in [-0.4, -0.2) is 60.1 Å². The van der Waals surface area contributed by atoms with Gasteiger partial charge in [-0.2, -0.15) is 0 Å². The lowest BCUT2D eigenvalue weighted by Gasteiger charge is -2.20. The number of aromatic nitrogens is 2. The van der Waals surface area contributed by atoms with Crippen LogP contribution in [0.25, 0.3) is 11.0 Å². The van der Waals surface area contributed by atoms with Gasteiger partial charge in [0.1, 0.15) is 12.4 Å². The molecule has 8 heteroatoms. The van der Waals surface area contributed by atoms with Crippen molar-refractivity contribution in [3.05, 3.63) is 53.9 Å². The largest absolute Gasteiger partial charge is 0.493 e. The van der Waals surface area contributed by atoms with Crippen LogP contribution in [0.5, 0.6) is 11.5 Å². The summed E-state index contributed by atoms with van der Waals surface area (Å²) < 4.78 is 12.6. The molecular weight excluding hydrogens is 456 g/mol. The number of fused-ring (bicyclic) bond motifs is 1. The van der Waals surface area contributed by atoms with Crippen LogP contribution >= 0.6 is 0 Å². The van der Waals surface area contributed by atoms with Crippen LogP contribution in [0.3, 0.4) is 0 Å². The number of carbonyl (C=O) groups is 2. The monoisotopic (exact) mass is 494 g/mol. The zero-order valence-corrected chi connectivity index (χ0v) is 21.9. The third kappa shape index (κ3) is 6.99. The summed E-state index contributed by atoms with van der Waals surface area (Å²) in [5.74, 6) is 2.30. The highest BCUT2D eigenvalue weighted by molar-refractivity contribution is 5.81. The van der Waals surface area contributed by atoms with Crippen molar-refractivity contribution >= 4 is 22.8 Å². The highest BCUT2D eigenvalue weighted by Crippen LogP contribution is 2.27. The maximum absolute atomic E-state index is 12.8. The van der Waals surface area contributed by atoms with Gasteiger partial charge in [0.05, 0.1) is 31.7 Å². The lowest BCUT2D eigenvalue weighted by atomic mass is 10.1. The zero-order valence-electron chi connectivity index (χ0n) is 21.9. The number of methoxy groups -OCH3 is 2. The Bertz CT molecular complexity index is 1150. The van der Waals surface area contributed by atoms with Gasteiger partial charge in [-0.15, -0.1) is 0 Å². The molecule has 0 fully saturated rings. The van der Waals surface area contributed by atoms with Gasteiger partial charge in [0.25, 0.3) is 0 Å². The molecule has 0 aliphatic rings. The van der Waals surface area contributed by atoms with Gasteiger partial charge < -0.3 is 24.3 Å². The molecule has 0 radical (unpaired) electrons. The van der Waals surface area contributed by atoms with Crippen LogP contribution in [0.1, 0.15) is 44.5 Å². The third-order valence-electron chi connectivity index (χ3n) is 6.36. The Morgan fingerprint density at radius 1 is 0.972 bits per heavy atom. The van der Waals surface area contributed by atoms with Gasteiger partial charge in [-0.1, -0.05) is 24.6 Å². The number of unbranched alkanes of at least 4 members (excludes halogenated alkanes) is 2. The van der Waals surface area contributed by atoms with E-state index < -0.39 is 0 Å². The SMILES string of the molecule is CCN(CC)C(=O)Cn1c(CCCCCNC(=O)Cc2ccc(OC)c(OC)c2)nc2ccccc21. The summed E-state index contributed by atoms with van der Waals surface area (Å²) in [6.07, 6.45) is 3.87. The van der Waals surface area contributed by atoms with Gasteiger partial charge in [0.15, 0.2) is 11.5 Å². The van der Waals surface area contributed by atoms with Crippen molar-refractivity contribution in [1.82, 2.24) is 19.8 Å². The Morgan fingerprint density at radius 3 is 2.44 bits per heavy atom. The maximum Gasteiger partial charge on any atom is 0.242 e. The van der Waals surface area contributed by atoms with Crippen LogP contribution in [-0.2, 0) is 29.0 Å². The highest BCUT2D eigenvalue weighted by Gasteiger charge is 2.16. The van der Waals surface area contributed by atoms with Gasteiger partial charge >= 0.3 is 0 Å². The van der Waals surface area contributed by atoms with Gasteiger partial charge in [0, 0.05) is 26.1 Å². The number of hydrogen-bond acceptors (Lipinski definition) is 5. The van der Waals surface area contributed by atoms with Gasteiger partial charge in [-0.25, -0.2) is 4.98 Å². The minimum atomic E-state index is -0.0149. The quantitative estimate of drug-likeness (QED) is 0.343. The molecular formula is C28H38N4O4. The van der Waals surface area contributed by atoms with E-state index in [-0.39, 0.29) is 11.8 Å². The van der Waals surface area contributed by atoms with E-state index in [1.54, 1.807) is 14.2 Å². The second-order valence-corrected chi connectivity index (χ2v) is 8.70. The summed E-state index contributed by atoms with van der Waals surface area (Å²) >= 11 is 0. The Morgan fingerprint density at radius 2 is 1.72 bits per heavy atom. The summed E-state index contributed by atoms with van der Waals surface area (Å²) in [6.45, 7) is 6.35. The van der Waals surface area contributed by atoms with Crippen molar-refractivity contribution in [3.8, 4) is 11.5 Å². The molecule has 0 saturated heterocycles. The van der Waals surface area contributed by atoms with Crippen molar-refractivity contribution in [2.75, 3.05) is 33.9 Å². The summed E-state index contributed by atoms with van der Waals surface area (Å²) in [7, 11) is 3.17. The predicted octanol–water partition coefficient (Wildman–Crippen LogP) is 3.99. The smallest absolute Gasteiger partial charge is 0.242 e. The Hall–Kier alpha value is -3.55. The van der Waals surface area contributed by atoms with Crippen molar-refractivity contribution < 1.29 is 19.1 Å². The van der Waals surface area contributed by atoms with E-state index in [1.165, 1.54) is 0 Å². The first-order valence-electron chi connectivity index (χ1n) is 12.7. The minimum absolute atomic E-state index is 0.0149. The first-order valence-corrected chi connectivity index (χ1v) is 12.7. The molecule has 1 aromatic heterocycles. The number of imidazole rings is 1. The van der Waals surface area contributed by atoms with Crippen molar-refractivity contribution in [3.63, 3.8) is 0 Å². The number of likely N-dealkylation sites (N-methyl/N-ethyl adjacent to an activating group) is 1. The number of rotatable bonds is 14. The van der Waals surface area contributed by atoms with Crippen LogP contribution in [0.4, 0.5) is 0 Å².